The van der Waals surface area contributed by atoms with Crippen molar-refractivity contribution in [1.82, 2.24) is 19.5 Å². The van der Waals surface area contributed by atoms with Crippen molar-refractivity contribution in [3.05, 3.63) is 54.4 Å². The molecule has 2 aromatic rings. The van der Waals surface area contributed by atoms with E-state index in [1.54, 1.807) is 29.2 Å². The zero-order valence-corrected chi connectivity index (χ0v) is 20.4. The van der Waals surface area contributed by atoms with Crippen LogP contribution in [0.5, 0.6) is 5.75 Å². The van der Waals surface area contributed by atoms with E-state index in [0.717, 1.165) is 17.1 Å². The van der Waals surface area contributed by atoms with Crippen molar-refractivity contribution in [1.29, 1.82) is 0 Å². The van der Waals surface area contributed by atoms with Crippen molar-refractivity contribution in [2.75, 3.05) is 19.6 Å². The van der Waals surface area contributed by atoms with Crippen molar-refractivity contribution in [3.63, 3.8) is 0 Å². The number of nitrogens with one attached hydrogen (secondary N) is 1. The summed E-state index contributed by atoms with van der Waals surface area (Å²) in [5.41, 5.74) is 0.606. The highest BCUT2D eigenvalue weighted by Crippen LogP contribution is 2.26. The van der Waals surface area contributed by atoms with Crippen LogP contribution < -0.4 is 10.1 Å². The van der Waals surface area contributed by atoms with Crippen molar-refractivity contribution in [2.45, 2.75) is 49.1 Å². The van der Waals surface area contributed by atoms with Crippen LogP contribution >= 0.6 is 0 Å². The molecule has 4 rings (SSSR count). The Morgan fingerprint density at radius 3 is 2.44 bits per heavy atom. The molecule has 0 saturated carbocycles. The molecule has 12 heteroatoms. The van der Waals surface area contributed by atoms with E-state index in [-0.39, 0.29) is 24.3 Å². The van der Waals surface area contributed by atoms with E-state index < -0.39 is 40.1 Å². The molecule has 0 radical (unpaired) electrons. The van der Waals surface area contributed by atoms with E-state index in [1.807, 2.05) is 0 Å². The van der Waals surface area contributed by atoms with Gasteiger partial charge in [0.05, 0.1) is 0 Å². The van der Waals surface area contributed by atoms with Gasteiger partial charge < -0.3 is 20.1 Å². The highest BCUT2D eigenvalue weighted by Gasteiger charge is 2.40. The fourth-order valence-electron chi connectivity index (χ4n) is 4.39. The third-order valence-corrected chi connectivity index (χ3v) is 8.19. The van der Waals surface area contributed by atoms with Gasteiger partial charge in [0.15, 0.2) is 0 Å². The van der Waals surface area contributed by atoms with Crippen LogP contribution in [0.4, 0.5) is 4.79 Å². The van der Waals surface area contributed by atoms with E-state index >= 15 is 0 Å². The molecule has 0 unspecified atom stereocenters. The zero-order chi connectivity index (χ0) is 25.7. The van der Waals surface area contributed by atoms with Crippen molar-refractivity contribution in [3.8, 4) is 5.75 Å². The predicted molar refractivity (Wildman–Crippen MR) is 128 cm³/mol. The first-order valence-electron chi connectivity index (χ1n) is 11.8. The topological polar surface area (TPSA) is 146 Å². The average molecular weight is 517 g/mol. The second-order valence-electron chi connectivity index (χ2n) is 8.77. The summed E-state index contributed by atoms with van der Waals surface area (Å²) < 4.78 is 32.5. The van der Waals surface area contributed by atoms with Crippen molar-refractivity contribution >= 4 is 28.0 Å². The van der Waals surface area contributed by atoms with Crippen molar-refractivity contribution in [2.24, 2.45) is 0 Å². The second-order valence-corrected chi connectivity index (χ2v) is 10.7. The lowest BCUT2D eigenvalue weighted by atomic mass is 10.1. The third-order valence-electron chi connectivity index (χ3n) is 6.29. The highest BCUT2D eigenvalue weighted by molar-refractivity contribution is 7.89. The van der Waals surface area contributed by atoms with Gasteiger partial charge in [0, 0.05) is 38.4 Å². The molecule has 2 amide bonds. The minimum absolute atomic E-state index is 0.0231. The lowest BCUT2D eigenvalue weighted by molar-refractivity contribution is -0.142. The van der Waals surface area contributed by atoms with Crippen LogP contribution in [0.25, 0.3) is 0 Å². The minimum atomic E-state index is -3.95. The number of nitrogens with zero attached hydrogens (tertiary/aromatic N) is 3. The maximum atomic E-state index is 13.0. The maximum absolute atomic E-state index is 13.0. The minimum Gasteiger partial charge on any atom is -0.480 e. The molecule has 2 atom stereocenters. The standard InChI is InChI=1S/C24H28N4O7S/c29-22(21-6-4-14-28(21)36(33,34)19-5-3-11-25-16-19)26-20(23(30)31)15-17-7-9-18(10-8-17)35-24(32)27-12-1-2-13-27/h3,5,7-11,16,20-21H,1-2,4,6,12-15H2,(H,26,29)(H,30,31)/t20-,21-/m0/s1. The summed E-state index contributed by atoms with van der Waals surface area (Å²) in [5, 5.41) is 12.2. The number of carbonyl (C=O) groups excluding carboxylic acids is 2. The van der Waals surface area contributed by atoms with Gasteiger partial charge in [-0.1, -0.05) is 12.1 Å². The molecule has 2 fully saturated rings. The number of sulfonamides is 1. The van der Waals surface area contributed by atoms with Gasteiger partial charge in [-0.25, -0.2) is 18.0 Å². The molecule has 2 N–H and O–H groups in total. The molecule has 11 nitrogen and oxygen atoms in total. The van der Waals surface area contributed by atoms with Gasteiger partial charge in [-0.3, -0.25) is 9.78 Å². The fourth-order valence-corrected chi connectivity index (χ4v) is 6.01. The first-order valence-corrected chi connectivity index (χ1v) is 13.2. The molecule has 192 valence electrons. The largest absolute Gasteiger partial charge is 0.480 e. The van der Waals surface area contributed by atoms with Gasteiger partial charge in [0.2, 0.25) is 15.9 Å². The van der Waals surface area contributed by atoms with E-state index in [4.69, 9.17) is 4.74 Å². The number of hydrogen-bond donors (Lipinski definition) is 2. The Labute approximate surface area is 209 Å². The lowest BCUT2D eigenvalue weighted by Gasteiger charge is -2.25. The molecular formula is C24H28N4O7S. The zero-order valence-electron chi connectivity index (χ0n) is 19.6. The molecule has 2 aliphatic heterocycles. The number of carbonyl (C=O) groups is 3. The molecule has 0 spiro atoms. The van der Waals surface area contributed by atoms with E-state index in [0.29, 0.717) is 30.8 Å². The molecular weight excluding hydrogens is 488 g/mol. The second kappa shape index (κ2) is 11.0. The highest BCUT2D eigenvalue weighted by atomic mass is 32.2. The van der Waals surface area contributed by atoms with E-state index in [2.05, 4.69) is 10.3 Å². The lowest BCUT2D eigenvalue weighted by Crippen LogP contribution is -2.51. The summed E-state index contributed by atoms with van der Waals surface area (Å²) in [5.74, 6) is -1.56. The number of hydrogen-bond acceptors (Lipinski definition) is 7. The Hall–Kier alpha value is -3.51. The van der Waals surface area contributed by atoms with Gasteiger partial charge >= 0.3 is 12.1 Å². The maximum Gasteiger partial charge on any atom is 0.415 e. The molecule has 3 heterocycles. The van der Waals surface area contributed by atoms with Gasteiger partial charge in [0.25, 0.3) is 0 Å². The van der Waals surface area contributed by atoms with Gasteiger partial charge in [0.1, 0.15) is 22.7 Å². The Kier molecular flexibility index (Phi) is 7.85. The number of carboxylic acids is 1. The Balaban J connectivity index is 1.39. The van der Waals surface area contributed by atoms with Crippen LogP contribution in [0.15, 0.2) is 53.7 Å². The van der Waals surface area contributed by atoms with Gasteiger partial charge in [-0.2, -0.15) is 4.31 Å². The summed E-state index contributed by atoms with van der Waals surface area (Å²) in [6, 6.07) is 7.03. The molecule has 2 aliphatic rings. The number of rotatable bonds is 8. The number of ether oxygens (including phenoxy) is 1. The molecule has 1 aromatic heterocycles. The summed E-state index contributed by atoms with van der Waals surface area (Å²) in [6.07, 6.45) is 4.89. The van der Waals surface area contributed by atoms with E-state index in [1.165, 1.54) is 24.5 Å². The first kappa shape index (κ1) is 25.6. The van der Waals surface area contributed by atoms with Gasteiger partial charge in [-0.05, 0) is 55.5 Å². The van der Waals surface area contributed by atoms with Crippen molar-refractivity contribution < 1.29 is 32.6 Å². The molecule has 36 heavy (non-hydrogen) atoms. The number of likely N-dealkylation sites (tertiary alicyclic amines) is 1. The van der Waals surface area contributed by atoms with Crippen LogP contribution in [0, 0.1) is 0 Å². The third kappa shape index (κ3) is 5.82. The number of carboxylic acid groups (broad SMARTS) is 1. The normalized spacial score (nSPS) is 19.1. The SMILES string of the molecule is O=C(O)[C@H](Cc1ccc(OC(=O)N2CCCC2)cc1)NC(=O)[C@@H]1CCCN1S(=O)(=O)c1cccnc1. The predicted octanol–water partition coefficient (Wildman–Crippen LogP) is 1.64. The smallest absolute Gasteiger partial charge is 0.415 e. The average Bonchev–Trinajstić information content (AvgIpc) is 3.58. The van der Waals surface area contributed by atoms with Gasteiger partial charge in [-0.15, -0.1) is 0 Å². The molecule has 0 aliphatic carbocycles. The monoisotopic (exact) mass is 516 g/mol. The number of aromatic nitrogens is 1. The Morgan fingerprint density at radius 1 is 1.08 bits per heavy atom. The number of benzene rings is 1. The van der Waals surface area contributed by atoms with Crippen LogP contribution in [0.1, 0.15) is 31.2 Å². The number of pyridine rings is 1. The molecule has 2 saturated heterocycles. The fraction of sp³-hybridized carbons (Fsp3) is 0.417. The van der Waals surface area contributed by atoms with Crippen LogP contribution in [0.2, 0.25) is 0 Å². The summed E-state index contributed by atoms with van der Waals surface area (Å²) in [4.78, 5) is 42.4. The molecule has 1 aromatic carbocycles. The Bertz CT molecular complexity index is 1200. The first-order chi connectivity index (χ1) is 17.3. The van der Waals surface area contributed by atoms with Crippen LogP contribution in [-0.2, 0) is 26.0 Å². The number of aliphatic carboxylic acids is 1. The molecule has 0 bridgehead atoms. The summed E-state index contributed by atoms with van der Waals surface area (Å²) >= 11 is 0. The van der Waals surface area contributed by atoms with Crippen LogP contribution in [0.3, 0.4) is 0 Å². The van der Waals surface area contributed by atoms with E-state index in [9.17, 15) is 27.9 Å². The number of amides is 2. The quantitative estimate of drug-likeness (QED) is 0.538. The summed E-state index contributed by atoms with van der Waals surface area (Å²) in [7, 11) is -3.95. The Morgan fingerprint density at radius 2 is 1.81 bits per heavy atom. The summed E-state index contributed by atoms with van der Waals surface area (Å²) in [6.45, 7) is 1.49. The van der Waals surface area contributed by atoms with Crippen LogP contribution in [-0.4, -0.2) is 77.4 Å².